The van der Waals surface area contributed by atoms with Crippen LogP contribution in [-0.4, -0.2) is 38.2 Å². The zero-order valence-electron chi connectivity index (χ0n) is 16.5. The van der Waals surface area contributed by atoms with Crippen molar-refractivity contribution in [2.45, 2.75) is 45.6 Å². The van der Waals surface area contributed by atoms with Crippen LogP contribution in [0.4, 0.5) is 0 Å². The van der Waals surface area contributed by atoms with Gasteiger partial charge >= 0.3 is 0 Å². The Morgan fingerprint density at radius 3 is 2.71 bits per heavy atom. The second kappa shape index (κ2) is 7.97. The third-order valence-corrected chi connectivity index (χ3v) is 5.59. The highest BCUT2D eigenvalue weighted by molar-refractivity contribution is 5.95. The van der Waals surface area contributed by atoms with Gasteiger partial charge in [0.15, 0.2) is 5.82 Å². The van der Waals surface area contributed by atoms with E-state index in [0.29, 0.717) is 5.56 Å². The van der Waals surface area contributed by atoms with Crippen LogP contribution in [0.5, 0.6) is 0 Å². The van der Waals surface area contributed by atoms with Crippen LogP contribution in [0, 0.1) is 6.92 Å². The van der Waals surface area contributed by atoms with E-state index in [-0.39, 0.29) is 11.9 Å². The van der Waals surface area contributed by atoms with Gasteiger partial charge in [-0.05, 0) is 55.9 Å². The molecule has 0 saturated carbocycles. The number of aromatic nitrogens is 3. The van der Waals surface area contributed by atoms with Gasteiger partial charge in [-0.25, -0.2) is 9.67 Å². The topological polar surface area (TPSA) is 51.0 Å². The third kappa shape index (κ3) is 3.44. The van der Waals surface area contributed by atoms with E-state index in [2.05, 4.69) is 46.2 Å². The summed E-state index contributed by atoms with van der Waals surface area (Å²) in [5.74, 6) is 0.804. The van der Waals surface area contributed by atoms with Gasteiger partial charge in [-0.2, -0.15) is 5.10 Å². The first-order chi connectivity index (χ1) is 13.7. The fourth-order valence-electron chi connectivity index (χ4n) is 4.12. The Morgan fingerprint density at radius 2 is 1.96 bits per heavy atom. The van der Waals surface area contributed by atoms with Crippen molar-refractivity contribution >= 4 is 5.91 Å². The summed E-state index contributed by atoms with van der Waals surface area (Å²) in [6.07, 6.45) is 7.33. The van der Waals surface area contributed by atoms with Crippen molar-refractivity contribution in [3.63, 3.8) is 0 Å². The second-order valence-electron chi connectivity index (χ2n) is 7.41. The molecule has 0 saturated heterocycles. The molecule has 1 aliphatic rings. The van der Waals surface area contributed by atoms with Crippen molar-refractivity contribution in [3.05, 3.63) is 77.2 Å². The number of pyridine rings is 1. The fourth-order valence-corrected chi connectivity index (χ4v) is 4.12. The number of benzene rings is 1. The predicted octanol–water partition coefficient (Wildman–Crippen LogP) is 3.99. The zero-order chi connectivity index (χ0) is 19.5. The van der Waals surface area contributed by atoms with Crippen molar-refractivity contribution in [1.29, 1.82) is 0 Å². The van der Waals surface area contributed by atoms with Crippen LogP contribution >= 0.6 is 0 Å². The van der Waals surface area contributed by atoms with Crippen molar-refractivity contribution in [3.8, 4) is 5.82 Å². The average molecular weight is 374 g/mol. The number of hydrogen-bond donors (Lipinski definition) is 0. The molecule has 5 nitrogen and oxygen atoms in total. The molecule has 1 amide bonds. The molecule has 1 unspecified atom stereocenters. The number of hydrogen-bond acceptors (Lipinski definition) is 3. The number of carbonyl (C=O) groups is 1. The molecule has 5 heteroatoms. The van der Waals surface area contributed by atoms with Gasteiger partial charge in [0.2, 0.25) is 0 Å². The van der Waals surface area contributed by atoms with E-state index in [9.17, 15) is 4.79 Å². The molecule has 0 N–H and O–H groups in total. The van der Waals surface area contributed by atoms with Crippen molar-refractivity contribution < 1.29 is 4.79 Å². The van der Waals surface area contributed by atoms with Crippen molar-refractivity contribution in [2.24, 2.45) is 0 Å². The molecule has 144 valence electrons. The summed E-state index contributed by atoms with van der Waals surface area (Å²) < 4.78 is 1.74. The lowest BCUT2D eigenvalue weighted by atomic mass is 9.87. The van der Waals surface area contributed by atoms with Crippen LogP contribution in [0.2, 0.25) is 0 Å². The van der Waals surface area contributed by atoms with Gasteiger partial charge < -0.3 is 4.90 Å². The molecule has 4 rings (SSSR count). The van der Waals surface area contributed by atoms with Gasteiger partial charge in [0.05, 0.1) is 17.5 Å². The number of nitrogens with zero attached hydrogens (tertiary/aromatic N) is 4. The number of fused-ring (bicyclic) bond motifs is 1. The van der Waals surface area contributed by atoms with Gasteiger partial charge in [0.1, 0.15) is 0 Å². The molecule has 3 aromatic rings. The monoisotopic (exact) mass is 374 g/mol. The number of rotatable bonds is 5. The number of aryl methyl sites for hydroxylation is 1. The molecule has 1 aromatic carbocycles. The average Bonchev–Trinajstić information content (AvgIpc) is 3.13. The summed E-state index contributed by atoms with van der Waals surface area (Å²) in [6, 6.07) is 14.5. The Hall–Kier alpha value is -2.95. The molecule has 0 fully saturated rings. The summed E-state index contributed by atoms with van der Waals surface area (Å²) in [5, 5.41) is 4.44. The first-order valence-corrected chi connectivity index (χ1v) is 10.0. The normalized spacial score (nSPS) is 15.9. The molecule has 0 radical (unpaired) electrons. The van der Waals surface area contributed by atoms with Gasteiger partial charge in [0, 0.05) is 18.8 Å². The SMILES string of the molecule is CCCN(C(=O)c1cnn(-c2ccccn2)c1C)C1CCc2ccccc2C1. The summed E-state index contributed by atoms with van der Waals surface area (Å²) in [4.78, 5) is 19.9. The first kappa shape index (κ1) is 18.4. The Kier molecular flexibility index (Phi) is 5.24. The van der Waals surface area contributed by atoms with Gasteiger partial charge in [0.25, 0.3) is 5.91 Å². The maximum Gasteiger partial charge on any atom is 0.257 e. The third-order valence-electron chi connectivity index (χ3n) is 5.59. The first-order valence-electron chi connectivity index (χ1n) is 10.0. The lowest BCUT2D eigenvalue weighted by Gasteiger charge is -2.35. The highest BCUT2D eigenvalue weighted by atomic mass is 16.2. The van der Waals surface area contributed by atoms with Crippen LogP contribution < -0.4 is 0 Å². The highest BCUT2D eigenvalue weighted by Crippen LogP contribution is 2.26. The maximum absolute atomic E-state index is 13.5. The predicted molar refractivity (Wildman–Crippen MR) is 110 cm³/mol. The van der Waals surface area contributed by atoms with Crippen LogP contribution in [0.15, 0.2) is 54.9 Å². The van der Waals surface area contributed by atoms with Gasteiger partial charge in [-0.1, -0.05) is 37.3 Å². The summed E-state index contributed by atoms with van der Waals surface area (Å²) >= 11 is 0. The fraction of sp³-hybridized carbons (Fsp3) is 0.348. The van der Waals surface area contributed by atoms with Crippen LogP contribution in [0.3, 0.4) is 0 Å². The summed E-state index contributed by atoms with van der Waals surface area (Å²) in [5.41, 5.74) is 4.29. The molecule has 28 heavy (non-hydrogen) atoms. The van der Waals surface area contributed by atoms with Crippen LogP contribution in [-0.2, 0) is 12.8 Å². The highest BCUT2D eigenvalue weighted by Gasteiger charge is 2.29. The molecular formula is C23H26N4O. The molecule has 1 atom stereocenters. The Labute approximate surface area is 166 Å². The van der Waals surface area contributed by atoms with E-state index in [1.807, 2.05) is 25.1 Å². The van der Waals surface area contributed by atoms with Gasteiger partial charge in [-0.3, -0.25) is 4.79 Å². The van der Waals surface area contributed by atoms with E-state index in [1.54, 1.807) is 17.1 Å². The standard InChI is InChI=1S/C23H26N4O/c1-3-14-26(20-12-11-18-8-4-5-9-19(18)15-20)23(28)21-16-25-27(17(21)2)22-10-6-7-13-24-22/h4-10,13,16,20H,3,11-12,14-15H2,1-2H3. The molecule has 0 bridgehead atoms. The van der Waals surface area contributed by atoms with Crippen molar-refractivity contribution in [2.75, 3.05) is 6.54 Å². The summed E-state index contributed by atoms with van der Waals surface area (Å²) in [7, 11) is 0. The summed E-state index contributed by atoms with van der Waals surface area (Å²) in [6.45, 7) is 4.83. The minimum atomic E-state index is 0.0749. The Morgan fingerprint density at radius 1 is 1.18 bits per heavy atom. The molecule has 2 aromatic heterocycles. The lowest BCUT2D eigenvalue weighted by molar-refractivity contribution is 0.0661. The van der Waals surface area contributed by atoms with Crippen LogP contribution in [0.25, 0.3) is 5.82 Å². The lowest BCUT2D eigenvalue weighted by Crippen LogP contribution is -2.44. The number of carbonyl (C=O) groups excluding carboxylic acids is 1. The smallest absolute Gasteiger partial charge is 0.257 e. The molecule has 0 spiro atoms. The quantitative estimate of drug-likeness (QED) is 0.679. The zero-order valence-corrected chi connectivity index (χ0v) is 16.5. The minimum Gasteiger partial charge on any atom is -0.335 e. The minimum absolute atomic E-state index is 0.0749. The van der Waals surface area contributed by atoms with E-state index in [1.165, 1.54) is 11.1 Å². The van der Waals surface area contributed by atoms with E-state index in [0.717, 1.165) is 43.7 Å². The second-order valence-corrected chi connectivity index (χ2v) is 7.41. The molecular weight excluding hydrogens is 348 g/mol. The Bertz CT molecular complexity index is 964. The molecule has 1 aliphatic carbocycles. The van der Waals surface area contributed by atoms with Crippen LogP contribution in [0.1, 0.15) is 46.9 Å². The number of amides is 1. The molecule has 0 aliphatic heterocycles. The van der Waals surface area contributed by atoms with Crippen molar-refractivity contribution in [1.82, 2.24) is 19.7 Å². The maximum atomic E-state index is 13.5. The van der Waals surface area contributed by atoms with E-state index >= 15 is 0 Å². The van der Waals surface area contributed by atoms with Gasteiger partial charge in [-0.15, -0.1) is 0 Å². The van der Waals surface area contributed by atoms with E-state index < -0.39 is 0 Å². The van der Waals surface area contributed by atoms with E-state index in [4.69, 9.17) is 0 Å². The Balaban J connectivity index is 1.61. The molecule has 2 heterocycles. The largest absolute Gasteiger partial charge is 0.335 e.